The minimum atomic E-state index is -5.13. The van der Waals surface area contributed by atoms with Gasteiger partial charge in [0.05, 0.1) is 5.69 Å². The number of carbonyl (C=O) groups excluding carboxylic acids is 1. The van der Waals surface area contributed by atoms with E-state index >= 15 is 0 Å². The van der Waals surface area contributed by atoms with Gasteiger partial charge in [0, 0.05) is 31.7 Å². The Morgan fingerprint density at radius 2 is 1.77 bits per heavy atom. The van der Waals surface area contributed by atoms with Crippen molar-refractivity contribution in [3.63, 3.8) is 0 Å². The third-order valence-electron chi connectivity index (χ3n) is 7.65. The van der Waals surface area contributed by atoms with E-state index in [1.807, 2.05) is 7.05 Å². The number of aromatic nitrogens is 4. The van der Waals surface area contributed by atoms with Gasteiger partial charge in [-0.2, -0.15) is 23.1 Å². The van der Waals surface area contributed by atoms with Crippen molar-refractivity contribution in [2.45, 2.75) is 64.4 Å². The Bertz CT molecular complexity index is 1610. The quantitative estimate of drug-likeness (QED) is 0.387. The van der Waals surface area contributed by atoms with Crippen LogP contribution in [0.5, 0.6) is 6.01 Å². The zero-order valence-electron chi connectivity index (χ0n) is 25.2. The number of piperazine rings is 1. The lowest BCUT2D eigenvalue weighted by atomic mass is 10.1. The molecule has 0 N–H and O–H groups in total. The number of likely N-dealkylation sites (tertiary alicyclic amines) is 1. The molecule has 0 aliphatic carbocycles. The lowest BCUT2D eigenvalue weighted by Crippen LogP contribution is -2.55. The maximum Gasteiger partial charge on any atom is 0.450 e. The predicted octanol–water partition coefficient (Wildman–Crippen LogP) is 4.25. The van der Waals surface area contributed by atoms with E-state index in [4.69, 9.17) is 9.47 Å². The van der Waals surface area contributed by atoms with Crippen molar-refractivity contribution in [2.75, 3.05) is 44.7 Å². The van der Waals surface area contributed by atoms with Gasteiger partial charge in [0.25, 0.3) is 5.56 Å². The Morgan fingerprint density at radius 1 is 1.05 bits per heavy atom. The highest BCUT2D eigenvalue weighted by molar-refractivity contribution is 5.86. The van der Waals surface area contributed by atoms with Crippen molar-refractivity contribution < 1.29 is 31.8 Å². The number of halogens is 4. The second kappa shape index (κ2) is 11.8. The van der Waals surface area contributed by atoms with Crippen LogP contribution in [0, 0.1) is 5.82 Å². The Kier molecular flexibility index (Phi) is 8.44. The van der Waals surface area contributed by atoms with E-state index < -0.39 is 57.8 Å². The maximum atomic E-state index is 14.8. The third-order valence-corrected chi connectivity index (χ3v) is 7.65. The van der Waals surface area contributed by atoms with Crippen LogP contribution in [0.2, 0.25) is 0 Å². The number of hydrogen-bond donors (Lipinski definition) is 0. The standard InChI is InChI=1S/C29H35F4N7O4/c1-17-15-38(27(42)44-28(2,3)4)13-14-39(17)23-21-22(35-26(36-23)43-16-18-9-8-12-37(18)5)24(41)40(25(34-21)29(31,32)33)20-11-7-6-10-19(20)30/h6-7,10-11,17-18H,8-9,12-16H2,1-5H3/t17-,18-/m0/s1. The Balaban J connectivity index is 1.63. The van der Waals surface area contributed by atoms with E-state index in [1.165, 1.54) is 17.0 Å². The maximum absolute atomic E-state index is 14.8. The fraction of sp³-hybridized carbons (Fsp3) is 0.552. The van der Waals surface area contributed by atoms with Crippen molar-refractivity contribution in [3.8, 4) is 11.7 Å². The zero-order chi connectivity index (χ0) is 32.0. The number of para-hydroxylation sites is 1. The minimum absolute atomic E-state index is 0.0515. The normalized spacial score (nSPS) is 19.9. The van der Waals surface area contributed by atoms with E-state index in [1.54, 1.807) is 32.6 Å². The van der Waals surface area contributed by atoms with E-state index in [0.717, 1.165) is 31.5 Å². The number of ether oxygens (including phenoxy) is 2. The number of likely N-dealkylation sites (N-methyl/N-ethyl adjacent to an activating group) is 1. The van der Waals surface area contributed by atoms with Crippen LogP contribution >= 0.6 is 0 Å². The summed E-state index contributed by atoms with van der Waals surface area (Å²) in [6.45, 7) is 8.59. The zero-order valence-corrected chi connectivity index (χ0v) is 25.2. The number of hydrogen-bond acceptors (Lipinski definition) is 9. The summed E-state index contributed by atoms with van der Waals surface area (Å²) >= 11 is 0. The first kappa shape index (κ1) is 31.4. The van der Waals surface area contributed by atoms with Crippen LogP contribution < -0.4 is 15.2 Å². The van der Waals surface area contributed by atoms with Crippen LogP contribution in [-0.4, -0.2) is 92.9 Å². The molecule has 0 radical (unpaired) electrons. The first-order chi connectivity index (χ1) is 20.6. The fourth-order valence-corrected chi connectivity index (χ4v) is 5.47. The Hall–Kier alpha value is -4.01. The average Bonchev–Trinajstić information content (AvgIpc) is 3.35. The first-order valence-corrected chi connectivity index (χ1v) is 14.4. The van der Waals surface area contributed by atoms with Gasteiger partial charge < -0.3 is 24.2 Å². The SMILES string of the molecule is C[C@H]1CN(C(=O)OC(C)(C)C)CCN1c1nc(OC[C@@H]2CCCN2C)nc2c(=O)n(-c3ccccc3F)c(C(F)(F)F)nc12. The molecule has 0 unspecified atom stereocenters. The minimum Gasteiger partial charge on any atom is -0.462 e. The summed E-state index contributed by atoms with van der Waals surface area (Å²) in [5, 5.41) is 0. The number of carbonyl (C=O) groups is 1. The number of rotatable bonds is 5. The monoisotopic (exact) mass is 621 g/mol. The van der Waals surface area contributed by atoms with Crippen LogP contribution in [0.1, 0.15) is 46.4 Å². The summed E-state index contributed by atoms with van der Waals surface area (Å²) in [6, 6.07) is 4.02. The van der Waals surface area contributed by atoms with Gasteiger partial charge in [-0.25, -0.2) is 14.2 Å². The number of alkyl halides is 3. The topological polar surface area (TPSA) is 106 Å². The summed E-state index contributed by atoms with van der Waals surface area (Å²) in [5.74, 6) is -2.71. The fourth-order valence-electron chi connectivity index (χ4n) is 5.47. The number of anilines is 1. The van der Waals surface area contributed by atoms with Crippen molar-refractivity contribution >= 4 is 22.9 Å². The first-order valence-electron chi connectivity index (χ1n) is 14.4. The van der Waals surface area contributed by atoms with Crippen molar-refractivity contribution in [2.24, 2.45) is 0 Å². The molecule has 2 aliphatic heterocycles. The Morgan fingerprint density at radius 3 is 2.39 bits per heavy atom. The smallest absolute Gasteiger partial charge is 0.450 e. The highest BCUT2D eigenvalue weighted by Gasteiger charge is 2.40. The van der Waals surface area contributed by atoms with Crippen molar-refractivity contribution in [1.82, 2.24) is 29.3 Å². The van der Waals surface area contributed by atoms with Gasteiger partial charge in [-0.15, -0.1) is 0 Å². The molecular formula is C29H35F4N7O4. The highest BCUT2D eigenvalue weighted by Crippen LogP contribution is 2.33. The molecule has 238 valence electrons. The van der Waals surface area contributed by atoms with Gasteiger partial charge in [-0.1, -0.05) is 12.1 Å². The average molecular weight is 622 g/mol. The lowest BCUT2D eigenvalue weighted by molar-refractivity contribution is -0.146. The molecule has 1 amide bonds. The molecule has 1 aromatic carbocycles. The van der Waals surface area contributed by atoms with Crippen LogP contribution in [-0.2, 0) is 10.9 Å². The number of nitrogens with zero attached hydrogens (tertiary/aromatic N) is 7. The van der Waals surface area contributed by atoms with Gasteiger partial charge in [0.1, 0.15) is 23.5 Å². The predicted molar refractivity (Wildman–Crippen MR) is 154 cm³/mol. The molecule has 2 aromatic heterocycles. The number of fused-ring (bicyclic) bond motifs is 1. The van der Waals surface area contributed by atoms with E-state index in [-0.39, 0.29) is 48.7 Å². The second-order valence-electron chi connectivity index (χ2n) is 12.1. The summed E-state index contributed by atoms with van der Waals surface area (Å²) in [4.78, 5) is 44.4. The van der Waals surface area contributed by atoms with Crippen LogP contribution in [0.3, 0.4) is 0 Å². The Labute approximate surface area is 251 Å². The van der Waals surface area contributed by atoms with Gasteiger partial charge >= 0.3 is 18.3 Å². The summed E-state index contributed by atoms with van der Waals surface area (Å²) in [5.41, 5.74) is -3.41. The largest absolute Gasteiger partial charge is 0.462 e. The molecule has 5 rings (SSSR count). The summed E-state index contributed by atoms with van der Waals surface area (Å²) < 4.78 is 69.7. The van der Waals surface area contributed by atoms with Gasteiger partial charge in [-0.3, -0.25) is 9.36 Å². The number of amides is 1. The second-order valence-corrected chi connectivity index (χ2v) is 12.1. The van der Waals surface area contributed by atoms with Crippen molar-refractivity contribution in [3.05, 3.63) is 46.3 Å². The molecule has 2 saturated heterocycles. The van der Waals surface area contributed by atoms with E-state index in [2.05, 4.69) is 19.9 Å². The van der Waals surface area contributed by atoms with Gasteiger partial charge in [0.2, 0.25) is 5.82 Å². The van der Waals surface area contributed by atoms with Crippen LogP contribution in [0.4, 0.5) is 28.2 Å². The molecule has 0 bridgehead atoms. The van der Waals surface area contributed by atoms with Crippen LogP contribution in [0.25, 0.3) is 16.7 Å². The summed E-state index contributed by atoms with van der Waals surface area (Å²) in [7, 11) is 1.95. The van der Waals surface area contributed by atoms with E-state index in [0.29, 0.717) is 0 Å². The van der Waals surface area contributed by atoms with Gasteiger partial charge in [-0.05, 0) is 66.3 Å². The molecule has 2 atom stereocenters. The molecule has 0 saturated carbocycles. The molecule has 15 heteroatoms. The molecule has 3 aromatic rings. The van der Waals surface area contributed by atoms with Gasteiger partial charge in [0.15, 0.2) is 11.3 Å². The highest BCUT2D eigenvalue weighted by atomic mass is 19.4. The van der Waals surface area contributed by atoms with Crippen LogP contribution in [0.15, 0.2) is 29.1 Å². The molecule has 4 heterocycles. The molecule has 2 fully saturated rings. The molecule has 11 nitrogen and oxygen atoms in total. The summed E-state index contributed by atoms with van der Waals surface area (Å²) in [6.07, 6.45) is -3.80. The lowest BCUT2D eigenvalue weighted by Gasteiger charge is -2.40. The van der Waals surface area contributed by atoms with E-state index in [9.17, 15) is 27.2 Å². The number of benzene rings is 1. The molecule has 2 aliphatic rings. The molecular weight excluding hydrogens is 586 g/mol. The molecule has 0 spiro atoms. The third kappa shape index (κ3) is 6.42. The molecule has 44 heavy (non-hydrogen) atoms. The van der Waals surface area contributed by atoms with Crippen molar-refractivity contribution in [1.29, 1.82) is 0 Å².